The van der Waals surface area contributed by atoms with Crippen LogP contribution in [0.4, 0.5) is 0 Å². The summed E-state index contributed by atoms with van der Waals surface area (Å²) in [5.41, 5.74) is 3.05. The summed E-state index contributed by atoms with van der Waals surface area (Å²) in [5, 5.41) is 11.6. The molecule has 0 radical (unpaired) electrons. The monoisotopic (exact) mass is 274 g/mol. The normalized spacial score (nSPS) is 17.1. The Kier molecular flexibility index (Phi) is 2.58. The Bertz CT molecular complexity index is 847. The van der Waals surface area contributed by atoms with Gasteiger partial charge >= 0.3 is 0 Å². The molecule has 2 nitrogen and oxygen atoms in total. The van der Waals surface area contributed by atoms with Crippen molar-refractivity contribution in [1.29, 1.82) is 0 Å². The fourth-order valence-corrected chi connectivity index (χ4v) is 3.29. The van der Waals surface area contributed by atoms with Gasteiger partial charge in [0.05, 0.1) is 0 Å². The van der Waals surface area contributed by atoms with Crippen LogP contribution >= 0.6 is 0 Å². The van der Waals surface area contributed by atoms with Gasteiger partial charge < -0.3 is 5.11 Å². The van der Waals surface area contributed by atoms with Gasteiger partial charge in [0.25, 0.3) is 0 Å². The minimum atomic E-state index is 0.0951. The minimum Gasteiger partial charge on any atom is -0.508 e. The van der Waals surface area contributed by atoms with Gasteiger partial charge in [0.15, 0.2) is 5.78 Å². The number of carbonyl (C=O) groups is 1. The highest BCUT2D eigenvalue weighted by atomic mass is 16.3. The van der Waals surface area contributed by atoms with Gasteiger partial charge in [0.1, 0.15) is 5.75 Å². The quantitative estimate of drug-likeness (QED) is 0.719. The van der Waals surface area contributed by atoms with E-state index in [1.54, 1.807) is 12.1 Å². The average molecular weight is 274 g/mol. The molecule has 4 rings (SSSR count). The van der Waals surface area contributed by atoms with Crippen molar-refractivity contribution in [2.75, 3.05) is 0 Å². The van der Waals surface area contributed by atoms with Crippen LogP contribution < -0.4 is 0 Å². The average Bonchev–Trinajstić information content (AvgIpc) is 2.86. The number of phenols is 1. The van der Waals surface area contributed by atoms with Gasteiger partial charge in [-0.25, -0.2) is 0 Å². The standard InChI is InChI=1S/C19H14O2/c20-14-8-5-13(6-9-14)17-11-18(21)19-15-4-2-1-3-12(15)7-10-16(17)19/h1-10,17,20H,11H2. The summed E-state index contributed by atoms with van der Waals surface area (Å²) in [6.45, 7) is 0. The molecule has 1 atom stereocenters. The first-order chi connectivity index (χ1) is 10.2. The number of hydrogen-bond donors (Lipinski definition) is 1. The highest BCUT2D eigenvalue weighted by Crippen LogP contribution is 2.41. The van der Waals surface area contributed by atoms with E-state index in [2.05, 4.69) is 12.1 Å². The van der Waals surface area contributed by atoms with Crippen LogP contribution in [0.5, 0.6) is 5.75 Å². The molecule has 0 saturated carbocycles. The molecule has 0 heterocycles. The Morgan fingerprint density at radius 1 is 0.905 bits per heavy atom. The molecule has 0 fully saturated rings. The number of aromatic hydroxyl groups is 1. The lowest BCUT2D eigenvalue weighted by Crippen LogP contribution is -1.96. The second-order valence-corrected chi connectivity index (χ2v) is 5.52. The molecule has 1 unspecified atom stereocenters. The third kappa shape index (κ3) is 1.83. The topological polar surface area (TPSA) is 37.3 Å². The lowest BCUT2D eigenvalue weighted by molar-refractivity contribution is 0.0993. The van der Waals surface area contributed by atoms with Gasteiger partial charge in [-0.05, 0) is 34.0 Å². The Morgan fingerprint density at radius 2 is 1.67 bits per heavy atom. The number of fused-ring (bicyclic) bond motifs is 3. The van der Waals surface area contributed by atoms with Crippen molar-refractivity contribution in [3.05, 3.63) is 77.4 Å². The van der Waals surface area contributed by atoms with E-state index in [-0.39, 0.29) is 17.5 Å². The van der Waals surface area contributed by atoms with E-state index < -0.39 is 0 Å². The first-order valence-electron chi connectivity index (χ1n) is 7.08. The molecule has 0 amide bonds. The maximum atomic E-state index is 12.5. The predicted octanol–water partition coefficient (Wildman–Crippen LogP) is 4.26. The second kappa shape index (κ2) is 4.45. The Hall–Kier alpha value is -2.61. The lowest BCUT2D eigenvalue weighted by Gasteiger charge is -2.12. The molecule has 1 aliphatic carbocycles. The van der Waals surface area contributed by atoms with E-state index in [1.807, 2.05) is 36.4 Å². The predicted molar refractivity (Wildman–Crippen MR) is 82.8 cm³/mol. The number of carbonyl (C=O) groups excluding carboxylic acids is 1. The SMILES string of the molecule is O=C1CC(c2ccc(O)cc2)c2ccc3ccccc3c21. The molecule has 3 aromatic rings. The van der Waals surface area contributed by atoms with Gasteiger partial charge in [-0.1, -0.05) is 48.5 Å². The molecule has 0 spiro atoms. The molecule has 1 aliphatic rings. The van der Waals surface area contributed by atoms with Crippen LogP contribution in [-0.4, -0.2) is 10.9 Å². The van der Waals surface area contributed by atoms with Crippen molar-refractivity contribution < 1.29 is 9.90 Å². The smallest absolute Gasteiger partial charge is 0.164 e. The summed E-state index contributed by atoms with van der Waals surface area (Å²) < 4.78 is 0. The van der Waals surface area contributed by atoms with Crippen molar-refractivity contribution in [1.82, 2.24) is 0 Å². The van der Waals surface area contributed by atoms with E-state index in [1.165, 1.54) is 0 Å². The zero-order chi connectivity index (χ0) is 14.4. The van der Waals surface area contributed by atoms with Crippen LogP contribution in [0.3, 0.4) is 0 Å². The summed E-state index contributed by atoms with van der Waals surface area (Å²) in [7, 11) is 0. The number of rotatable bonds is 1. The second-order valence-electron chi connectivity index (χ2n) is 5.52. The van der Waals surface area contributed by atoms with Gasteiger partial charge in [-0.2, -0.15) is 0 Å². The molecule has 0 aliphatic heterocycles. The number of benzene rings is 3. The highest BCUT2D eigenvalue weighted by molar-refractivity contribution is 6.12. The van der Waals surface area contributed by atoms with Gasteiger partial charge in [-0.15, -0.1) is 0 Å². The summed E-state index contributed by atoms with van der Waals surface area (Å²) in [6, 6.07) is 19.3. The fourth-order valence-electron chi connectivity index (χ4n) is 3.29. The van der Waals surface area contributed by atoms with Crippen LogP contribution in [0.1, 0.15) is 33.8 Å². The third-order valence-electron chi connectivity index (χ3n) is 4.30. The van der Waals surface area contributed by atoms with Gasteiger partial charge in [0, 0.05) is 17.9 Å². The van der Waals surface area contributed by atoms with E-state index in [0.717, 1.165) is 27.5 Å². The highest BCUT2D eigenvalue weighted by Gasteiger charge is 2.31. The summed E-state index contributed by atoms with van der Waals surface area (Å²) in [4.78, 5) is 12.5. The molecular weight excluding hydrogens is 260 g/mol. The molecular formula is C19H14O2. The van der Waals surface area contributed by atoms with Crippen LogP contribution in [0.25, 0.3) is 10.8 Å². The molecule has 2 heteroatoms. The number of hydrogen-bond acceptors (Lipinski definition) is 2. The zero-order valence-electron chi connectivity index (χ0n) is 11.4. The van der Waals surface area contributed by atoms with Crippen molar-refractivity contribution in [2.24, 2.45) is 0 Å². The van der Waals surface area contributed by atoms with Crippen molar-refractivity contribution in [3.63, 3.8) is 0 Å². The van der Waals surface area contributed by atoms with Gasteiger partial charge in [-0.3, -0.25) is 4.79 Å². The van der Waals surface area contributed by atoms with Crippen LogP contribution in [-0.2, 0) is 0 Å². The summed E-state index contributed by atoms with van der Waals surface area (Å²) >= 11 is 0. The molecule has 1 N–H and O–H groups in total. The molecule has 0 saturated heterocycles. The molecule has 0 aromatic heterocycles. The van der Waals surface area contributed by atoms with Crippen LogP contribution in [0.15, 0.2) is 60.7 Å². The molecule has 0 bridgehead atoms. The Labute approximate surface area is 122 Å². The maximum Gasteiger partial charge on any atom is 0.164 e. The van der Waals surface area contributed by atoms with Crippen molar-refractivity contribution in [2.45, 2.75) is 12.3 Å². The van der Waals surface area contributed by atoms with Crippen molar-refractivity contribution >= 4 is 16.6 Å². The molecule has 3 aromatic carbocycles. The van der Waals surface area contributed by atoms with Crippen LogP contribution in [0, 0.1) is 0 Å². The first kappa shape index (κ1) is 12.2. The number of Topliss-reactive ketones (excluding diaryl/α,β-unsaturated/α-hetero) is 1. The Balaban J connectivity index is 1.92. The summed E-state index contributed by atoms with van der Waals surface area (Å²) in [5.74, 6) is 0.555. The van der Waals surface area contributed by atoms with E-state index in [0.29, 0.717) is 6.42 Å². The van der Waals surface area contributed by atoms with Crippen LogP contribution in [0.2, 0.25) is 0 Å². The summed E-state index contributed by atoms with van der Waals surface area (Å²) in [6.07, 6.45) is 0.508. The first-order valence-corrected chi connectivity index (χ1v) is 7.08. The fraction of sp³-hybridized carbons (Fsp3) is 0.105. The van der Waals surface area contributed by atoms with E-state index >= 15 is 0 Å². The van der Waals surface area contributed by atoms with Gasteiger partial charge in [0.2, 0.25) is 0 Å². The lowest BCUT2D eigenvalue weighted by atomic mass is 9.91. The van der Waals surface area contributed by atoms with E-state index in [4.69, 9.17) is 0 Å². The maximum absolute atomic E-state index is 12.5. The minimum absolute atomic E-state index is 0.0951. The van der Waals surface area contributed by atoms with Crippen molar-refractivity contribution in [3.8, 4) is 5.75 Å². The largest absolute Gasteiger partial charge is 0.508 e. The zero-order valence-corrected chi connectivity index (χ0v) is 11.4. The molecule has 102 valence electrons. The molecule has 21 heavy (non-hydrogen) atoms. The Morgan fingerprint density at radius 3 is 2.48 bits per heavy atom. The number of ketones is 1. The van der Waals surface area contributed by atoms with E-state index in [9.17, 15) is 9.90 Å². The number of phenolic OH excluding ortho intramolecular Hbond substituents is 1. The third-order valence-corrected chi connectivity index (χ3v) is 4.30.